The summed E-state index contributed by atoms with van der Waals surface area (Å²) in [6.45, 7) is 9.17. The van der Waals surface area contributed by atoms with E-state index in [1.807, 2.05) is 30.3 Å². The van der Waals surface area contributed by atoms with Crippen LogP contribution in [0.25, 0.3) is 0 Å². The summed E-state index contributed by atoms with van der Waals surface area (Å²) in [6, 6.07) is 7.14. The number of nitrogens with one attached hydrogen (secondary N) is 2. The van der Waals surface area contributed by atoms with Crippen molar-refractivity contribution in [1.29, 1.82) is 0 Å². The van der Waals surface area contributed by atoms with Crippen molar-refractivity contribution in [3.05, 3.63) is 35.9 Å². The average molecular weight is 492 g/mol. The van der Waals surface area contributed by atoms with Crippen LogP contribution < -0.4 is 10.6 Å². The van der Waals surface area contributed by atoms with Crippen LogP contribution in [0, 0.1) is 0 Å². The molecule has 0 aromatic heterocycles. The number of ether oxygens (including phenoxy) is 3. The van der Waals surface area contributed by atoms with Gasteiger partial charge in [-0.1, -0.05) is 30.3 Å². The third kappa shape index (κ3) is 9.46. The van der Waals surface area contributed by atoms with Crippen molar-refractivity contribution in [1.82, 2.24) is 15.5 Å². The summed E-state index contributed by atoms with van der Waals surface area (Å²) in [5.41, 5.74) is 0.131. The quantitative estimate of drug-likeness (QED) is 0.423. The van der Waals surface area contributed by atoms with Gasteiger partial charge in [-0.25, -0.2) is 9.59 Å². The minimum Gasteiger partial charge on any atom is -0.466 e. The van der Waals surface area contributed by atoms with Gasteiger partial charge in [-0.15, -0.1) is 0 Å². The third-order valence-corrected chi connectivity index (χ3v) is 5.36. The SMILES string of the molecule is CCOC(=O)C[C@@H]1[C@@H](NC(=O)OC(C)(C)C)CCCN1C(=O)[C@H](C)NC(=O)OCc1ccccc1. The van der Waals surface area contributed by atoms with E-state index in [2.05, 4.69) is 10.6 Å². The molecule has 2 rings (SSSR count). The van der Waals surface area contributed by atoms with Gasteiger partial charge >= 0.3 is 18.2 Å². The highest BCUT2D eigenvalue weighted by atomic mass is 16.6. The Hall–Kier alpha value is -3.30. The van der Waals surface area contributed by atoms with Crippen LogP contribution >= 0.6 is 0 Å². The summed E-state index contributed by atoms with van der Waals surface area (Å²) in [4.78, 5) is 51.8. The van der Waals surface area contributed by atoms with Gasteiger partial charge in [0.25, 0.3) is 0 Å². The Balaban J connectivity index is 2.06. The Bertz CT molecular complexity index is 870. The number of piperidine rings is 1. The number of amides is 3. The fraction of sp³-hybridized carbons (Fsp3) is 0.600. The fourth-order valence-corrected chi connectivity index (χ4v) is 3.85. The monoisotopic (exact) mass is 491 g/mol. The zero-order valence-corrected chi connectivity index (χ0v) is 21.2. The molecule has 0 radical (unpaired) electrons. The normalized spacial score (nSPS) is 18.7. The lowest BCUT2D eigenvalue weighted by molar-refractivity contribution is -0.147. The Kier molecular flexibility index (Phi) is 10.4. The third-order valence-electron chi connectivity index (χ3n) is 5.36. The van der Waals surface area contributed by atoms with Gasteiger partial charge in [-0.2, -0.15) is 0 Å². The minimum absolute atomic E-state index is 0.0741. The van der Waals surface area contributed by atoms with E-state index >= 15 is 0 Å². The summed E-state index contributed by atoms with van der Waals surface area (Å²) in [7, 11) is 0. The second-order valence-electron chi connectivity index (χ2n) is 9.43. The molecule has 0 bridgehead atoms. The van der Waals surface area contributed by atoms with Gasteiger partial charge in [0.15, 0.2) is 0 Å². The van der Waals surface area contributed by atoms with E-state index in [0.717, 1.165) is 5.56 Å². The fourth-order valence-electron chi connectivity index (χ4n) is 3.85. The van der Waals surface area contributed by atoms with Gasteiger partial charge < -0.3 is 29.7 Å². The Morgan fingerprint density at radius 2 is 1.77 bits per heavy atom. The smallest absolute Gasteiger partial charge is 0.408 e. The van der Waals surface area contributed by atoms with Gasteiger partial charge in [-0.3, -0.25) is 9.59 Å². The summed E-state index contributed by atoms with van der Waals surface area (Å²) in [6.07, 6.45) is -0.269. The van der Waals surface area contributed by atoms with Crippen molar-refractivity contribution in [2.45, 2.75) is 84.2 Å². The van der Waals surface area contributed by atoms with Gasteiger partial charge in [0.05, 0.1) is 25.1 Å². The van der Waals surface area contributed by atoms with Gasteiger partial charge in [0.1, 0.15) is 18.2 Å². The van der Waals surface area contributed by atoms with Gasteiger partial charge in [-0.05, 0) is 53.0 Å². The van der Waals surface area contributed by atoms with Crippen LogP contribution in [-0.2, 0) is 30.4 Å². The molecule has 1 heterocycles. The Morgan fingerprint density at radius 1 is 1.09 bits per heavy atom. The molecule has 0 unspecified atom stereocenters. The van der Waals surface area contributed by atoms with Crippen LogP contribution in [-0.4, -0.2) is 65.8 Å². The molecule has 2 N–H and O–H groups in total. The summed E-state index contributed by atoms with van der Waals surface area (Å²) >= 11 is 0. The lowest BCUT2D eigenvalue weighted by Crippen LogP contribution is -2.61. The van der Waals surface area contributed by atoms with Crippen molar-refractivity contribution in [3.8, 4) is 0 Å². The van der Waals surface area contributed by atoms with Crippen LogP contribution in [0.4, 0.5) is 9.59 Å². The van der Waals surface area contributed by atoms with E-state index in [1.165, 1.54) is 4.90 Å². The largest absolute Gasteiger partial charge is 0.466 e. The molecular formula is C25H37N3O7. The first-order valence-corrected chi connectivity index (χ1v) is 11.9. The predicted molar refractivity (Wildman–Crippen MR) is 128 cm³/mol. The van der Waals surface area contributed by atoms with Crippen LogP contribution in [0.1, 0.15) is 59.4 Å². The minimum atomic E-state index is -0.900. The van der Waals surface area contributed by atoms with Crippen molar-refractivity contribution in [2.75, 3.05) is 13.2 Å². The second kappa shape index (κ2) is 13.0. The highest BCUT2D eigenvalue weighted by Gasteiger charge is 2.39. The molecule has 10 heteroatoms. The van der Waals surface area contributed by atoms with E-state index in [1.54, 1.807) is 34.6 Å². The molecule has 1 aromatic carbocycles. The molecular weight excluding hydrogens is 454 g/mol. The molecule has 1 aromatic rings. The summed E-state index contributed by atoms with van der Waals surface area (Å²) in [5, 5.41) is 5.35. The van der Waals surface area contributed by atoms with Crippen molar-refractivity contribution in [3.63, 3.8) is 0 Å². The number of likely N-dealkylation sites (tertiary alicyclic amines) is 1. The van der Waals surface area contributed by atoms with Crippen molar-refractivity contribution < 1.29 is 33.4 Å². The average Bonchev–Trinajstić information content (AvgIpc) is 2.78. The number of esters is 1. The Labute approximate surface area is 206 Å². The Morgan fingerprint density at radius 3 is 2.40 bits per heavy atom. The number of carbonyl (C=O) groups excluding carboxylic acids is 4. The summed E-state index contributed by atoms with van der Waals surface area (Å²) < 4.78 is 15.7. The second-order valence-corrected chi connectivity index (χ2v) is 9.43. The lowest BCUT2D eigenvalue weighted by Gasteiger charge is -2.42. The molecule has 1 fully saturated rings. The predicted octanol–water partition coefficient (Wildman–Crippen LogP) is 3.14. The molecule has 194 valence electrons. The summed E-state index contributed by atoms with van der Waals surface area (Å²) in [5.74, 6) is -0.859. The molecule has 1 saturated heterocycles. The lowest BCUT2D eigenvalue weighted by atomic mass is 9.93. The molecule has 3 amide bonds. The highest BCUT2D eigenvalue weighted by Crippen LogP contribution is 2.23. The molecule has 0 saturated carbocycles. The number of benzene rings is 1. The van der Waals surface area contributed by atoms with Gasteiger partial charge in [0, 0.05) is 6.54 Å². The van der Waals surface area contributed by atoms with E-state index < -0.39 is 41.9 Å². The van der Waals surface area contributed by atoms with E-state index in [-0.39, 0.29) is 25.5 Å². The topological polar surface area (TPSA) is 123 Å². The molecule has 35 heavy (non-hydrogen) atoms. The van der Waals surface area contributed by atoms with E-state index in [4.69, 9.17) is 14.2 Å². The number of hydrogen-bond acceptors (Lipinski definition) is 7. The highest BCUT2D eigenvalue weighted by molar-refractivity contribution is 5.86. The first-order chi connectivity index (χ1) is 16.5. The zero-order chi connectivity index (χ0) is 26.0. The number of carbonyl (C=O) groups is 4. The maximum absolute atomic E-state index is 13.3. The maximum Gasteiger partial charge on any atom is 0.408 e. The van der Waals surface area contributed by atoms with Gasteiger partial charge in [0.2, 0.25) is 5.91 Å². The maximum atomic E-state index is 13.3. The van der Waals surface area contributed by atoms with Crippen LogP contribution in [0.15, 0.2) is 30.3 Å². The molecule has 1 aliphatic heterocycles. The van der Waals surface area contributed by atoms with Crippen LogP contribution in [0.3, 0.4) is 0 Å². The molecule has 3 atom stereocenters. The molecule has 0 spiro atoms. The van der Waals surface area contributed by atoms with Crippen LogP contribution in [0.5, 0.6) is 0 Å². The standard InChI is InChI=1S/C25H37N3O7/c1-6-33-21(29)15-20-19(27-24(32)35-25(3,4)5)13-10-14-28(20)22(30)17(2)26-23(31)34-16-18-11-8-7-9-12-18/h7-9,11-12,17,19-20H,6,10,13-16H2,1-5H3,(H,26,31)(H,27,32)/t17-,19-,20+/m0/s1. The van der Waals surface area contributed by atoms with Crippen molar-refractivity contribution >= 4 is 24.1 Å². The number of hydrogen-bond donors (Lipinski definition) is 2. The number of nitrogens with zero attached hydrogens (tertiary/aromatic N) is 1. The first kappa shape index (κ1) is 27.9. The number of alkyl carbamates (subject to hydrolysis) is 2. The number of rotatable bonds is 8. The molecule has 10 nitrogen and oxygen atoms in total. The van der Waals surface area contributed by atoms with Crippen molar-refractivity contribution in [2.24, 2.45) is 0 Å². The van der Waals surface area contributed by atoms with Crippen LogP contribution in [0.2, 0.25) is 0 Å². The zero-order valence-electron chi connectivity index (χ0n) is 21.2. The van der Waals surface area contributed by atoms with E-state index in [9.17, 15) is 19.2 Å². The first-order valence-electron chi connectivity index (χ1n) is 11.9. The molecule has 1 aliphatic rings. The molecule has 0 aliphatic carbocycles. The van der Waals surface area contributed by atoms with E-state index in [0.29, 0.717) is 19.4 Å².